The molecule has 0 fully saturated rings. The molecular weight excluding hydrogens is 182 g/mol. The molecule has 0 aliphatic rings. The van der Waals surface area contributed by atoms with Crippen molar-refractivity contribution in [1.29, 1.82) is 5.26 Å². The maximum Gasteiger partial charge on any atom is 0.0991 e. The Morgan fingerprint density at radius 1 is 1.47 bits per heavy atom. The lowest BCUT2D eigenvalue weighted by Gasteiger charge is -2.09. The Balaban J connectivity index is 3.12. The van der Waals surface area contributed by atoms with Crippen molar-refractivity contribution < 1.29 is 0 Å². The Bertz CT molecular complexity index is 385. The molecule has 0 saturated heterocycles. The lowest BCUT2D eigenvalue weighted by Crippen LogP contribution is -1.94. The first-order chi connectivity index (χ1) is 7.21. The van der Waals surface area contributed by atoms with Gasteiger partial charge in [0, 0.05) is 5.92 Å². The Labute approximate surface area is 92.1 Å². The minimum absolute atomic E-state index is 0.0638. The second-order valence-electron chi connectivity index (χ2n) is 3.67. The molecule has 0 N–H and O–H groups in total. The Hall–Kier alpha value is -1.55. The van der Waals surface area contributed by atoms with E-state index in [4.69, 9.17) is 5.26 Å². The van der Waals surface area contributed by atoms with Gasteiger partial charge in [-0.2, -0.15) is 5.26 Å². The van der Waals surface area contributed by atoms with Gasteiger partial charge in [-0.1, -0.05) is 25.5 Å². The maximum atomic E-state index is 8.91. The third-order valence-corrected chi connectivity index (χ3v) is 2.40. The van der Waals surface area contributed by atoms with Crippen molar-refractivity contribution in [3.63, 3.8) is 0 Å². The number of hydrogen-bond acceptors (Lipinski definition) is 1. The van der Waals surface area contributed by atoms with E-state index >= 15 is 0 Å². The van der Waals surface area contributed by atoms with E-state index in [-0.39, 0.29) is 5.92 Å². The van der Waals surface area contributed by atoms with E-state index in [1.165, 1.54) is 5.56 Å². The highest BCUT2D eigenvalue weighted by molar-refractivity contribution is 5.40. The van der Waals surface area contributed by atoms with Gasteiger partial charge >= 0.3 is 0 Å². The predicted octanol–water partition coefficient (Wildman–Crippen LogP) is 3.61. The molecule has 0 bridgehead atoms. The molecule has 15 heavy (non-hydrogen) atoms. The van der Waals surface area contributed by atoms with Crippen LogP contribution in [-0.4, -0.2) is 0 Å². The molecule has 1 aromatic rings. The second-order valence-corrected chi connectivity index (χ2v) is 3.67. The maximum absolute atomic E-state index is 8.91. The molecule has 1 atom stereocenters. The highest BCUT2D eigenvalue weighted by Gasteiger charge is 2.05. The van der Waals surface area contributed by atoms with Gasteiger partial charge in [0.25, 0.3) is 0 Å². The molecule has 1 radical (unpaired) electrons. The lowest BCUT2D eigenvalue weighted by atomic mass is 9.95. The molecule has 77 valence electrons. The average Bonchev–Trinajstić information content (AvgIpc) is 2.28. The van der Waals surface area contributed by atoms with E-state index in [0.717, 1.165) is 18.4 Å². The van der Waals surface area contributed by atoms with E-state index < -0.39 is 0 Å². The van der Waals surface area contributed by atoms with Gasteiger partial charge < -0.3 is 0 Å². The van der Waals surface area contributed by atoms with Crippen molar-refractivity contribution in [3.8, 4) is 6.07 Å². The zero-order chi connectivity index (χ0) is 11.3. The standard InChI is InChI=1S/C14H16N/c1-4-6-12-7-13(10-15)9-14(8-12)11(3)5-2/h5,7-9,11H,2-4,6H2,1H3. The number of allylic oxidation sites excluding steroid dienone is 1. The largest absolute Gasteiger partial charge is 0.192 e. The smallest absolute Gasteiger partial charge is 0.0991 e. The molecular formula is C14H16N. The van der Waals surface area contributed by atoms with Gasteiger partial charge in [-0.3, -0.25) is 0 Å². The summed E-state index contributed by atoms with van der Waals surface area (Å²) in [5.74, 6) is 0.0638. The number of nitriles is 1. The van der Waals surface area contributed by atoms with Crippen molar-refractivity contribution in [3.05, 3.63) is 54.5 Å². The summed E-state index contributed by atoms with van der Waals surface area (Å²) in [5.41, 5.74) is 3.00. The van der Waals surface area contributed by atoms with Gasteiger partial charge in [0.1, 0.15) is 0 Å². The first-order valence-electron chi connectivity index (χ1n) is 5.20. The third-order valence-electron chi connectivity index (χ3n) is 2.40. The van der Waals surface area contributed by atoms with Crippen LogP contribution in [0.15, 0.2) is 30.9 Å². The van der Waals surface area contributed by atoms with Gasteiger partial charge in [0.2, 0.25) is 0 Å². The quantitative estimate of drug-likeness (QED) is 0.678. The van der Waals surface area contributed by atoms with Crippen LogP contribution in [0.5, 0.6) is 0 Å². The van der Waals surface area contributed by atoms with Crippen LogP contribution in [0, 0.1) is 18.3 Å². The monoisotopic (exact) mass is 198 g/mol. The first kappa shape index (κ1) is 11.5. The summed E-state index contributed by atoms with van der Waals surface area (Å²) in [6, 6.07) is 8.13. The van der Waals surface area contributed by atoms with Gasteiger partial charge in [-0.25, -0.2) is 0 Å². The molecule has 1 heteroatoms. The predicted molar refractivity (Wildman–Crippen MR) is 63.4 cm³/mol. The van der Waals surface area contributed by atoms with Gasteiger partial charge in [0.15, 0.2) is 0 Å². The van der Waals surface area contributed by atoms with E-state index in [0.29, 0.717) is 5.56 Å². The fourth-order valence-electron chi connectivity index (χ4n) is 1.57. The van der Waals surface area contributed by atoms with Crippen molar-refractivity contribution in [1.82, 2.24) is 0 Å². The number of nitrogens with zero attached hydrogens (tertiary/aromatic N) is 1. The molecule has 0 saturated carbocycles. The normalized spacial score (nSPS) is 11.8. The molecule has 1 unspecified atom stereocenters. The number of aryl methyl sites for hydroxylation is 1. The van der Waals surface area contributed by atoms with E-state index in [2.05, 4.69) is 32.6 Å². The van der Waals surface area contributed by atoms with Crippen molar-refractivity contribution in [2.24, 2.45) is 0 Å². The molecule has 0 amide bonds. The molecule has 0 aromatic heterocycles. The van der Waals surface area contributed by atoms with Crippen LogP contribution < -0.4 is 0 Å². The van der Waals surface area contributed by atoms with Crippen LogP contribution >= 0.6 is 0 Å². The van der Waals surface area contributed by atoms with Crippen LogP contribution in [0.25, 0.3) is 0 Å². The van der Waals surface area contributed by atoms with Gasteiger partial charge in [-0.05, 0) is 36.6 Å². The highest BCUT2D eigenvalue weighted by Crippen LogP contribution is 2.20. The molecule has 1 rings (SSSR count). The third kappa shape index (κ3) is 2.95. The Kier molecular flexibility index (Phi) is 4.12. The zero-order valence-electron chi connectivity index (χ0n) is 9.16. The molecule has 0 aliphatic carbocycles. The summed E-state index contributed by atoms with van der Waals surface area (Å²) < 4.78 is 0. The average molecular weight is 198 g/mol. The highest BCUT2D eigenvalue weighted by atomic mass is 14.2. The minimum Gasteiger partial charge on any atom is -0.192 e. The van der Waals surface area contributed by atoms with Crippen LogP contribution in [0.4, 0.5) is 0 Å². The number of hydrogen-bond donors (Lipinski definition) is 0. The van der Waals surface area contributed by atoms with Crippen molar-refractivity contribution in [2.75, 3.05) is 0 Å². The topological polar surface area (TPSA) is 23.8 Å². The van der Waals surface area contributed by atoms with Crippen LogP contribution in [0.2, 0.25) is 0 Å². The second kappa shape index (κ2) is 5.36. The molecule has 0 spiro atoms. The lowest BCUT2D eigenvalue weighted by molar-refractivity contribution is 0.914. The summed E-state index contributed by atoms with van der Waals surface area (Å²) in [5, 5.41) is 8.91. The van der Waals surface area contributed by atoms with E-state index in [1.807, 2.05) is 12.1 Å². The van der Waals surface area contributed by atoms with Crippen molar-refractivity contribution in [2.45, 2.75) is 25.7 Å². The Morgan fingerprint density at radius 3 is 2.73 bits per heavy atom. The zero-order valence-corrected chi connectivity index (χ0v) is 9.16. The summed E-state index contributed by atoms with van der Waals surface area (Å²) in [4.78, 5) is 0. The summed E-state index contributed by atoms with van der Waals surface area (Å²) in [7, 11) is 0. The fourth-order valence-corrected chi connectivity index (χ4v) is 1.57. The van der Waals surface area contributed by atoms with E-state index in [9.17, 15) is 0 Å². The van der Waals surface area contributed by atoms with Crippen molar-refractivity contribution >= 4 is 0 Å². The number of benzene rings is 1. The van der Waals surface area contributed by atoms with Crippen LogP contribution in [0.3, 0.4) is 0 Å². The van der Waals surface area contributed by atoms with Gasteiger partial charge in [-0.15, -0.1) is 6.58 Å². The Morgan fingerprint density at radius 2 is 2.20 bits per heavy atom. The first-order valence-corrected chi connectivity index (χ1v) is 5.20. The van der Waals surface area contributed by atoms with Crippen LogP contribution in [0.1, 0.15) is 36.0 Å². The van der Waals surface area contributed by atoms with Crippen LogP contribution in [-0.2, 0) is 6.42 Å². The van der Waals surface area contributed by atoms with Gasteiger partial charge in [0.05, 0.1) is 11.6 Å². The minimum atomic E-state index is 0.0638. The molecule has 0 heterocycles. The van der Waals surface area contributed by atoms with E-state index in [1.54, 1.807) is 6.08 Å². The molecule has 0 aliphatic heterocycles. The summed E-state index contributed by atoms with van der Waals surface area (Å²) in [6.45, 7) is 9.83. The summed E-state index contributed by atoms with van der Waals surface area (Å²) >= 11 is 0. The summed E-state index contributed by atoms with van der Waals surface area (Å²) in [6.07, 6.45) is 3.89. The number of rotatable bonds is 4. The SMILES string of the molecule is [CH2]C(C=C)c1cc(C#N)cc(CCC)c1. The molecule has 1 nitrogen and oxygen atoms in total. The fraction of sp³-hybridized carbons (Fsp3) is 0.286. The molecule has 1 aromatic carbocycles.